The van der Waals surface area contributed by atoms with Crippen LogP contribution in [0.1, 0.15) is 20.7 Å². The molecule has 1 fully saturated rings. The molecule has 0 radical (unpaired) electrons. The first-order valence-electron chi connectivity index (χ1n) is 8.74. The van der Waals surface area contributed by atoms with Gasteiger partial charge in [-0.05, 0) is 30.3 Å². The van der Waals surface area contributed by atoms with Crippen LogP contribution >= 0.6 is 0 Å². The Labute approximate surface area is 157 Å². The third kappa shape index (κ3) is 4.63. The number of hydrogen-bond acceptors (Lipinski definition) is 4. The van der Waals surface area contributed by atoms with Crippen LogP contribution in [0.4, 0.5) is 0 Å². The average molecular weight is 367 g/mol. The summed E-state index contributed by atoms with van der Waals surface area (Å²) in [5.74, 6) is -0.593. The van der Waals surface area contributed by atoms with Crippen LogP contribution in [-0.4, -0.2) is 65.4 Å². The van der Waals surface area contributed by atoms with E-state index in [1.54, 1.807) is 46.2 Å². The van der Waals surface area contributed by atoms with Crippen molar-refractivity contribution in [1.82, 2.24) is 15.1 Å². The fraction of sp³-hybridized carbons (Fsp3) is 0.250. The topological polar surface area (TPSA) is 90.0 Å². The molecule has 0 unspecified atom stereocenters. The van der Waals surface area contributed by atoms with Gasteiger partial charge in [0, 0.05) is 37.3 Å². The van der Waals surface area contributed by atoms with E-state index in [9.17, 15) is 19.5 Å². The Bertz CT molecular complexity index is 830. The van der Waals surface area contributed by atoms with Crippen molar-refractivity contribution in [3.05, 3.63) is 65.7 Å². The fourth-order valence-electron chi connectivity index (χ4n) is 2.94. The van der Waals surface area contributed by atoms with Crippen molar-refractivity contribution < 1.29 is 19.5 Å². The summed E-state index contributed by atoms with van der Waals surface area (Å²) in [7, 11) is 0. The van der Waals surface area contributed by atoms with Crippen molar-refractivity contribution in [2.24, 2.45) is 0 Å². The number of carbonyl (C=O) groups excluding carboxylic acids is 3. The van der Waals surface area contributed by atoms with E-state index in [1.807, 2.05) is 6.07 Å². The number of phenols is 1. The molecule has 2 aromatic rings. The average Bonchev–Trinajstić information content (AvgIpc) is 2.72. The minimum Gasteiger partial charge on any atom is -0.508 e. The zero-order chi connectivity index (χ0) is 19.2. The summed E-state index contributed by atoms with van der Waals surface area (Å²) in [6, 6.07) is 14.9. The number of nitrogens with one attached hydrogen (secondary N) is 1. The molecule has 140 valence electrons. The van der Waals surface area contributed by atoms with Crippen molar-refractivity contribution >= 4 is 17.7 Å². The molecule has 1 aliphatic rings. The molecule has 3 amide bonds. The highest BCUT2D eigenvalue weighted by molar-refractivity contribution is 5.96. The lowest BCUT2D eigenvalue weighted by atomic mass is 10.1. The molecule has 1 heterocycles. The van der Waals surface area contributed by atoms with Crippen LogP contribution in [0, 0.1) is 0 Å². The summed E-state index contributed by atoms with van der Waals surface area (Å²) in [4.78, 5) is 40.0. The van der Waals surface area contributed by atoms with Gasteiger partial charge in [0.25, 0.3) is 11.8 Å². The zero-order valence-corrected chi connectivity index (χ0v) is 14.8. The van der Waals surface area contributed by atoms with Gasteiger partial charge in [0.2, 0.25) is 5.91 Å². The normalized spacial score (nSPS) is 13.9. The summed E-state index contributed by atoms with van der Waals surface area (Å²) in [5, 5.41) is 12.1. The summed E-state index contributed by atoms with van der Waals surface area (Å²) in [6.07, 6.45) is 0. The van der Waals surface area contributed by atoms with Gasteiger partial charge in [-0.2, -0.15) is 0 Å². The fourth-order valence-corrected chi connectivity index (χ4v) is 2.94. The maximum atomic E-state index is 12.5. The molecule has 1 aliphatic heterocycles. The van der Waals surface area contributed by atoms with Gasteiger partial charge >= 0.3 is 0 Å². The van der Waals surface area contributed by atoms with Crippen molar-refractivity contribution in [2.75, 3.05) is 32.7 Å². The Hall–Kier alpha value is -3.35. The van der Waals surface area contributed by atoms with E-state index < -0.39 is 0 Å². The predicted molar refractivity (Wildman–Crippen MR) is 99.4 cm³/mol. The SMILES string of the molecule is O=C(NCC(=O)N1CCN(C(=O)c2cccc(O)c2)CC1)c1ccccc1. The maximum absolute atomic E-state index is 12.5. The van der Waals surface area contributed by atoms with E-state index in [1.165, 1.54) is 12.1 Å². The summed E-state index contributed by atoms with van der Waals surface area (Å²) in [5.41, 5.74) is 0.928. The Morgan fingerprint density at radius 3 is 2.15 bits per heavy atom. The van der Waals surface area contributed by atoms with Crippen LogP contribution in [0.15, 0.2) is 54.6 Å². The molecule has 0 spiro atoms. The first-order valence-corrected chi connectivity index (χ1v) is 8.74. The van der Waals surface area contributed by atoms with Crippen LogP contribution in [-0.2, 0) is 4.79 Å². The number of aromatic hydroxyl groups is 1. The molecule has 2 aromatic carbocycles. The molecule has 7 heteroatoms. The van der Waals surface area contributed by atoms with E-state index in [2.05, 4.69) is 5.32 Å². The van der Waals surface area contributed by atoms with Crippen molar-refractivity contribution in [1.29, 1.82) is 0 Å². The molecule has 0 bridgehead atoms. The number of carbonyl (C=O) groups is 3. The van der Waals surface area contributed by atoms with Gasteiger partial charge in [-0.25, -0.2) is 0 Å². The largest absolute Gasteiger partial charge is 0.508 e. The first kappa shape index (κ1) is 18.4. The highest BCUT2D eigenvalue weighted by Gasteiger charge is 2.25. The minimum absolute atomic E-state index is 0.0452. The molecule has 0 aromatic heterocycles. The number of rotatable bonds is 4. The van der Waals surface area contributed by atoms with Gasteiger partial charge in [-0.1, -0.05) is 24.3 Å². The lowest BCUT2D eigenvalue weighted by Gasteiger charge is -2.34. The Kier molecular flexibility index (Phi) is 5.71. The molecule has 0 saturated carbocycles. The van der Waals surface area contributed by atoms with E-state index >= 15 is 0 Å². The van der Waals surface area contributed by atoms with Crippen molar-refractivity contribution in [3.63, 3.8) is 0 Å². The van der Waals surface area contributed by atoms with Gasteiger partial charge in [0.1, 0.15) is 5.75 Å². The Morgan fingerprint density at radius 2 is 1.48 bits per heavy atom. The van der Waals surface area contributed by atoms with Gasteiger partial charge in [-0.3, -0.25) is 14.4 Å². The molecule has 1 saturated heterocycles. The maximum Gasteiger partial charge on any atom is 0.254 e. The quantitative estimate of drug-likeness (QED) is 0.847. The lowest BCUT2D eigenvalue weighted by Crippen LogP contribution is -2.52. The van der Waals surface area contributed by atoms with Crippen molar-refractivity contribution in [2.45, 2.75) is 0 Å². The van der Waals surface area contributed by atoms with Gasteiger partial charge in [0.05, 0.1) is 6.54 Å². The van der Waals surface area contributed by atoms with Crippen LogP contribution in [0.3, 0.4) is 0 Å². The van der Waals surface area contributed by atoms with Crippen molar-refractivity contribution in [3.8, 4) is 5.75 Å². The molecule has 3 rings (SSSR count). The number of nitrogens with zero attached hydrogens (tertiary/aromatic N) is 2. The highest BCUT2D eigenvalue weighted by Crippen LogP contribution is 2.14. The third-order valence-corrected chi connectivity index (χ3v) is 4.45. The molecule has 2 N–H and O–H groups in total. The smallest absolute Gasteiger partial charge is 0.254 e. The second kappa shape index (κ2) is 8.35. The second-order valence-electron chi connectivity index (χ2n) is 6.27. The number of piperazine rings is 1. The number of benzene rings is 2. The monoisotopic (exact) mass is 367 g/mol. The van der Waals surface area contributed by atoms with Gasteiger partial charge in [-0.15, -0.1) is 0 Å². The van der Waals surface area contributed by atoms with Crippen LogP contribution in [0.2, 0.25) is 0 Å². The van der Waals surface area contributed by atoms with E-state index in [4.69, 9.17) is 0 Å². The molecular weight excluding hydrogens is 346 g/mol. The zero-order valence-electron chi connectivity index (χ0n) is 14.8. The van der Waals surface area contributed by atoms with Crippen LogP contribution in [0.5, 0.6) is 5.75 Å². The third-order valence-electron chi connectivity index (χ3n) is 4.45. The Balaban J connectivity index is 1.48. The summed E-state index contributed by atoms with van der Waals surface area (Å²) < 4.78 is 0. The lowest BCUT2D eigenvalue weighted by molar-refractivity contribution is -0.131. The van der Waals surface area contributed by atoms with Crippen LogP contribution < -0.4 is 5.32 Å². The number of hydrogen-bond donors (Lipinski definition) is 2. The highest BCUT2D eigenvalue weighted by atomic mass is 16.3. The molecule has 0 aliphatic carbocycles. The standard InChI is InChI=1S/C20H21N3O4/c24-17-8-4-7-16(13-17)20(27)23-11-9-22(10-12-23)18(25)14-21-19(26)15-5-2-1-3-6-15/h1-8,13,24H,9-12,14H2,(H,21,26). The first-order chi connectivity index (χ1) is 13.0. The van der Waals surface area contributed by atoms with E-state index in [-0.39, 0.29) is 30.0 Å². The summed E-state index contributed by atoms with van der Waals surface area (Å²) >= 11 is 0. The van der Waals surface area contributed by atoms with Gasteiger partial charge in [0.15, 0.2) is 0 Å². The Morgan fingerprint density at radius 1 is 0.852 bits per heavy atom. The van der Waals surface area contributed by atoms with E-state index in [0.29, 0.717) is 37.3 Å². The molecular formula is C20H21N3O4. The summed E-state index contributed by atoms with van der Waals surface area (Å²) in [6.45, 7) is 1.56. The number of phenolic OH excluding ortho intramolecular Hbond substituents is 1. The molecule has 0 atom stereocenters. The molecule has 7 nitrogen and oxygen atoms in total. The molecule has 27 heavy (non-hydrogen) atoms. The second-order valence-corrected chi connectivity index (χ2v) is 6.27. The minimum atomic E-state index is -0.290. The van der Waals surface area contributed by atoms with Crippen LogP contribution in [0.25, 0.3) is 0 Å². The van der Waals surface area contributed by atoms with E-state index in [0.717, 1.165) is 0 Å². The predicted octanol–water partition coefficient (Wildman–Crippen LogP) is 1.11. The number of amides is 3. The van der Waals surface area contributed by atoms with Gasteiger partial charge < -0.3 is 20.2 Å².